The standard InChI is InChI=1S/C15H16N2O2/c1-17(2)16-15(18)12-8-10-14(11-9-12)19-13-6-4-3-5-7-13/h3-11H,1-2H3,(H,16,18). The van der Waals surface area contributed by atoms with Crippen LogP contribution in [0, 0.1) is 0 Å². The molecule has 1 amide bonds. The number of benzene rings is 2. The highest BCUT2D eigenvalue weighted by Crippen LogP contribution is 2.20. The van der Waals surface area contributed by atoms with Crippen LogP contribution >= 0.6 is 0 Å². The quantitative estimate of drug-likeness (QED) is 0.855. The lowest BCUT2D eigenvalue weighted by molar-refractivity contribution is 0.0857. The number of nitrogens with zero attached hydrogens (tertiary/aromatic N) is 1. The van der Waals surface area contributed by atoms with E-state index in [0.717, 1.165) is 5.75 Å². The van der Waals surface area contributed by atoms with E-state index in [2.05, 4.69) is 5.43 Å². The van der Waals surface area contributed by atoms with E-state index in [1.54, 1.807) is 43.4 Å². The Bertz CT molecular complexity index is 536. The molecule has 0 unspecified atom stereocenters. The third kappa shape index (κ3) is 3.82. The predicted molar refractivity (Wildman–Crippen MR) is 74.1 cm³/mol. The van der Waals surface area contributed by atoms with Crippen LogP contribution in [0.2, 0.25) is 0 Å². The highest BCUT2D eigenvalue weighted by atomic mass is 16.5. The van der Waals surface area contributed by atoms with Crippen LogP contribution in [0.1, 0.15) is 10.4 Å². The molecule has 2 rings (SSSR count). The van der Waals surface area contributed by atoms with Gasteiger partial charge in [0.15, 0.2) is 0 Å². The van der Waals surface area contributed by atoms with Crippen LogP contribution in [0.4, 0.5) is 0 Å². The Morgan fingerprint density at radius 1 is 0.947 bits per heavy atom. The van der Waals surface area contributed by atoms with Gasteiger partial charge >= 0.3 is 0 Å². The van der Waals surface area contributed by atoms with Crippen LogP contribution < -0.4 is 10.2 Å². The number of para-hydroxylation sites is 1. The van der Waals surface area contributed by atoms with Crippen molar-refractivity contribution in [2.45, 2.75) is 0 Å². The molecule has 0 spiro atoms. The summed E-state index contributed by atoms with van der Waals surface area (Å²) in [6.07, 6.45) is 0. The number of nitrogens with one attached hydrogen (secondary N) is 1. The first-order valence-electron chi connectivity index (χ1n) is 5.96. The molecule has 4 heteroatoms. The molecule has 0 heterocycles. The summed E-state index contributed by atoms with van der Waals surface area (Å²) in [5.41, 5.74) is 3.27. The first kappa shape index (κ1) is 13.1. The van der Waals surface area contributed by atoms with E-state index in [0.29, 0.717) is 11.3 Å². The second-order valence-corrected chi connectivity index (χ2v) is 4.27. The van der Waals surface area contributed by atoms with Crippen molar-refractivity contribution in [3.8, 4) is 11.5 Å². The SMILES string of the molecule is CN(C)NC(=O)c1ccc(Oc2ccccc2)cc1. The fourth-order valence-electron chi connectivity index (χ4n) is 1.57. The Labute approximate surface area is 112 Å². The van der Waals surface area contributed by atoms with Gasteiger partial charge in [-0.25, -0.2) is 5.01 Å². The van der Waals surface area contributed by atoms with Crippen molar-refractivity contribution in [3.05, 3.63) is 60.2 Å². The zero-order valence-corrected chi connectivity index (χ0v) is 11.0. The summed E-state index contributed by atoms with van der Waals surface area (Å²) in [5, 5.41) is 1.61. The minimum atomic E-state index is -0.142. The van der Waals surface area contributed by atoms with Gasteiger partial charge < -0.3 is 4.74 Å². The maximum atomic E-state index is 11.7. The van der Waals surface area contributed by atoms with Gasteiger partial charge in [-0.05, 0) is 36.4 Å². The highest BCUT2D eigenvalue weighted by Gasteiger charge is 2.06. The zero-order valence-electron chi connectivity index (χ0n) is 11.0. The predicted octanol–water partition coefficient (Wildman–Crippen LogP) is 2.69. The van der Waals surface area contributed by atoms with Crippen molar-refractivity contribution in [1.82, 2.24) is 10.4 Å². The minimum absolute atomic E-state index is 0.142. The van der Waals surface area contributed by atoms with Crippen molar-refractivity contribution in [2.75, 3.05) is 14.1 Å². The molecule has 0 bridgehead atoms. The van der Waals surface area contributed by atoms with Gasteiger partial charge in [-0.2, -0.15) is 0 Å². The van der Waals surface area contributed by atoms with Gasteiger partial charge in [0.1, 0.15) is 11.5 Å². The van der Waals surface area contributed by atoms with Crippen LogP contribution in [-0.2, 0) is 0 Å². The van der Waals surface area contributed by atoms with E-state index in [-0.39, 0.29) is 5.91 Å². The Balaban J connectivity index is 2.04. The van der Waals surface area contributed by atoms with Gasteiger partial charge in [0.25, 0.3) is 5.91 Å². The smallest absolute Gasteiger partial charge is 0.265 e. The number of hydrogen-bond acceptors (Lipinski definition) is 3. The van der Waals surface area contributed by atoms with Crippen LogP contribution in [0.15, 0.2) is 54.6 Å². The summed E-state index contributed by atoms with van der Waals surface area (Å²) in [6.45, 7) is 0. The minimum Gasteiger partial charge on any atom is -0.457 e. The molecule has 0 saturated carbocycles. The summed E-state index contributed by atoms with van der Waals surface area (Å²) < 4.78 is 5.65. The van der Waals surface area contributed by atoms with E-state index in [1.807, 2.05) is 30.3 Å². The zero-order chi connectivity index (χ0) is 13.7. The largest absolute Gasteiger partial charge is 0.457 e. The summed E-state index contributed by atoms with van der Waals surface area (Å²) in [5.74, 6) is 1.33. The first-order valence-corrected chi connectivity index (χ1v) is 5.96. The van der Waals surface area contributed by atoms with E-state index >= 15 is 0 Å². The van der Waals surface area contributed by atoms with Crippen molar-refractivity contribution in [3.63, 3.8) is 0 Å². The van der Waals surface area contributed by atoms with Crippen LogP contribution in [0.3, 0.4) is 0 Å². The topological polar surface area (TPSA) is 41.6 Å². The van der Waals surface area contributed by atoms with Gasteiger partial charge in [0, 0.05) is 19.7 Å². The van der Waals surface area contributed by atoms with E-state index in [4.69, 9.17) is 4.74 Å². The number of ether oxygens (including phenoxy) is 1. The number of hydrogen-bond donors (Lipinski definition) is 1. The maximum Gasteiger partial charge on any atom is 0.265 e. The average molecular weight is 256 g/mol. The summed E-state index contributed by atoms with van der Waals surface area (Å²) in [4.78, 5) is 11.7. The Hall–Kier alpha value is -2.33. The lowest BCUT2D eigenvalue weighted by Crippen LogP contribution is -2.36. The van der Waals surface area contributed by atoms with Gasteiger partial charge in [-0.3, -0.25) is 10.2 Å². The monoisotopic (exact) mass is 256 g/mol. The second-order valence-electron chi connectivity index (χ2n) is 4.27. The third-order valence-corrected chi connectivity index (χ3v) is 2.42. The first-order chi connectivity index (χ1) is 9.15. The number of rotatable bonds is 4. The lowest BCUT2D eigenvalue weighted by atomic mass is 10.2. The molecule has 0 aliphatic rings. The molecule has 0 radical (unpaired) electrons. The number of carbonyl (C=O) groups is 1. The number of amides is 1. The molecule has 4 nitrogen and oxygen atoms in total. The van der Waals surface area contributed by atoms with Gasteiger partial charge in [-0.15, -0.1) is 0 Å². The lowest BCUT2D eigenvalue weighted by Gasteiger charge is -2.12. The van der Waals surface area contributed by atoms with Crippen LogP contribution in [0.5, 0.6) is 11.5 Å². The second kappa shape index (κ2) is 6.02. The van der Waals surface area contributed by atoms with Crippen molar-refractivity contribution in [1.29, 1.82) is 0 Å². The molecule has 98 valence electrons. The molecule has 2 aromatic carbocycles. The fraction of sp³-hybridized carbons (Fsp3) is 0.133. The molecule has 0 fully saturated rings. The van der Waals surface area contributed by atoms with Crippen molar-refractivity contribution in [2.24, 2.45) is 0 Å². The Morgan fingerprint density at radius 2 is 1.53 bits per heavy atom. The molecule has 0 saturated heterocycles. The normalized spacial score (nSPS) is 10.3. The van der Waals surface area contributed by atoms with Gasteiger partial charge in [0.2, 0.25) is 0 Å². The van der Waals surface area contributed by atoms with Crippen LogP contribution in [-0.4, -0.2) is 25.0 Å². The van der Waals surface area contributed by atoms with E-state index < -0.39 is 0 Å². The number of hydrazine groups is 1. The average Bonchev–Trinajstić information content (AvgIpc) is 2.40. The molecule has 0 aromatic heterocycles. The molecule has 1 N–H and O–H groups in total. The molecule has 0 aliphatic heterocycles. The Morgan fingerprint density at radius 3 is 2.11 bits per heavy atom. The summed E-state index contributed by atoms with van der Waals surface area (Å²) in [7, 11) is 3.54. The van der Waals surface area contributed by atoms with E-state index in [9.17, 15) is 4.79 Å². The summed E-state index contributed by atoms with van der Waals surface area (Å²) >= 11 is 0. The number of carbonyl (C=O) groups excluding carboxylic acids is 1. The third-order valence-electron chi connectivity index (χ3n) is 2.42. The molecule has 19 heavy (non-hydrogen) atoms. The highest BCUT2D eigenvalue weighted by molar-refractivity contribution is 5.93. The molecule has 0 aliphatic carbocycles. The molecule has 0 atom stereocenters. The van der Waals surface area contributed by atoms with Gasteiger partial charge in [-0.1, -0.05) is 18.2 Å². The maximum absolute atomic E-state index is 11.7. The molecular weight excluding hydrogens is 240 g/mol. The van der Waals surface area contributed by atoms with Crippen molar-refractivity contribution >= 4 is 5.91 Å². The van der Waals surface area contributed by atoms with Gasteiger partial charge in [0.05, 0.1) is 0 Å². The molecule has 2 aromatic rings. The molecular formula is C15H16N2O2. The van der Waals surface area contributed by atoms with Crippen molar-refractivity contribution < 1.29 is 9.53 Å². The summed E-state index contributed by atoms with van der Waals surface area (Å²) in [6, 6.07) is 16.5. The van der Waals surface area contributed by atoms with E-state index in [1.165, 1.54) is 0 Å². The fourth-order valence-corrected chi connectivity index (χ4v) is 1.57. The Kier molecular flexibility index (Phi) is 4.15. The van der Waals surface area contributed by atoms with Crippen LogP contribution in [0.25, 0.3) is 0 Å².